The summed E-state index contributed by atoms with van der Waals surface area (Å²) in [5.74, 6) is 4.92. The van der Waals surface area contributed by atoms with Crippen molar-refractivity contribution in [1.29, 1.82) is 0 Å². The van der Waals surface area contributed by atoms with Gasteiger partial charge in [-0.2, -0.15) is 0 Å². The molecule has 1 aromatic heterocycles. The number of anilines is 1. The van der Waals surface area contributed by atoms with Crippen molar-refractivity contribution in [1.82, 2.24) is 9.55 Å². The van der Waals surface area contributed by atoms with Crippen molar-refractivity contribution in [2.45, 2.75) is 19.6 Å². The van der Waals surface area contributed by atoms with Gasteiger partial charge in [0.05, 0.1) is 25.0 Å². The number of nitrogens with two attached hydrogens (primary N) is 2. The largest absolute Gasteiger partial charge is 0.497 e. The van der Waals surface area contributed by atoms with Gasteiger partial charge >= 0.3 is 11.8 Å². The smallest absolute Gasteiger partial charge is 0.414 e. The molecule has 12 heteroatoms. The quantitative estimate of drug-likeness (QED) is 0.337. The number of methoxy groups -OCH3 is 1. The Balaban J connectivity index is 0.000000215. The average molecular weight is 460 g/mol. The maximum Gasteiger partial charge on any atom is 0.414 e. The number of hydrogen-bond donors (Lipinski definition) is 2. The Bertz CT molecular complexity index is 1160. The van der Waals surface area contributed by atoms with Crippen LogP contribution in [0.4, 0.5) is 20.3 Å². The van der Waals surface area contributed by atoms with E-state index in [1.54, 1.807) is 28.8 Å². The van der Waals surface area contributed by atoms with Gasteiger partial charge in [-0.25, -0.2) is 14.6 Å². The number of aromatic nitrogens is 2. The topological polar surface area (TPSA) is 135 Å². The van der Waals surface area contributed by atoms with Crippen LogP contribution in [0.15, 0.2) is 54.9 Å². The van der Waals surface area contributed by atoms with Crippen LogP contribution in [0.1, 0.15) is 12.5 Å². The summed E-state index contributed by atoms with van der Waals surface area (Å²) < 4.78 is 38.4. The zero-order chi connectivity index (χ0) is 24.1. The molecule has 2 aromatic carbocycles. The van der Waals surface area contributed by atoms with Crippen molar-refractivity contribution in [3.63, 3.8) is 0 Å². The monoisotopic (exact) mass is 460 g/mol. The molecule has 1 unspecified atom stereocenters. The van der Waals surface area contributed by atoms with E-state index < -0.39 is 16.6 Å². The molecule has 2 heterocycles. The highest BCUT2D eigenvalue weighted by atomic mass is 19.1. The Labute approximate surface area is 187 Å². The molecule has 0 amide bonds. The molecule has 0 saturated heterocycles. The first-order valence-electron chi connectivity index (χ1n) is 9.67. The van der Waals surface area contributed by atoms with Crippen LogP contribution in [0.5, 0.6) is 11.8 Å². The Morgan fingerprint density at radius 2 is 2.12 bits per heavy atom. The van der Waals surface area contributed by atoms with Gasteiger partial charge in [0.1, 0.15) is 29.7 Å². The number of halogens is 2. The lowest BCUT2D eigenvalue weighted by molar-refractivity contribution is -0.389. The molecule has 0 aliphatic carbocycles. The van der Waals surface area contributed by atoms with Gasteiger partial charge in [-0.3, -0.25) is 9.58 Å². The molecule has 0 saturated carbocycles. The highest BCUT2D eigenvalue weighted by Gasteiger charge is 2.28. The maximum atomic E-state index is 13.6. The molecule has 0 radical (unpaired) electrons. The third-order valence-corrected chi connectivity index (χ3v) is 4.55. The van der Waals surface area contributed by atoms with E-state index in [1.165, 1.54) is 30.6 Å². The molecule has 3 aromatic rings. The van der Waals surface area contributed by atoms with Gasteiger partial charge in [0.15, 0.2) is 0 Å². The van der Waals surface area contributed by atoms with Gasteiger partial charge in [0, 0.05) is 28.9 Å². The summed E-state index contributed by atoms with van der Waals surface area (Å²) in [7, 11) is 1.54. The predicted molar refractivity (Wildman–Crippen MR) is 117 cm³/mol. The summed E-state index contributed by atoms with van der Waals surface area (Å²) in [6.07, 6.45) is 2.80. The number of imidazole rings is 1. The first-order chi connectivity index (χ1) is 15.7. The summed E-state index contributed by atoms with van der Waals surface area (Å²) >= 11 is 0. The molecule has 1 aliphatic heterocycles. The van der Waals surface area contributed by atoms with E-state index >= 15 is 0 Å². The molecule has 1 aliphatic rings. The van der Waals surface area contributed by atoms with Gasteiger partial charge in [0.25, 0.3) is 0 Å². The van der Waals surface area contributed by atoms with Crippen LogP contribution in [0.25, 0.3) is 5.70 Å². The number of fused-ring (bicyclic) bond motifs is 1. The number of hydrogen-bond acceptors (Lipinski definition) is 8. The first kappa shape index (κ1) is 23.5. The summed E-state index contributed by atoms with van der Waals surface area (Å²) in [5, 5.41) is 11.5. The van der Waals surface area contributed by atoms with Gasteiger partial charge in [0.2, 0.25) is 0 Å². The second-order valence-electron chi connectivity index (χ2n) is 7.04. The molecule has 0 spiro atoms. The van der Waals surface area contributed by atoms with Crippen LogP contribution in [0.3, 0.4) is 0 Å². The van der Waals surface area contributed by atoms with E-state index in [0.29, 0.717) is 24.0 Å². The van der Waals surface area contributed by atoms with Crippen LogP contribution in [-0.2, 0) is 6.54 Å². The number of hydrazine groups is 1. The second kappa shape index (κ2) is 9.96. The lowest BCUT2D eigenvalue weighted by Crippen LogP contribution is -2.25. The molecule has 4 rings (SSSR count). The van der Waals surface area contributed by atoms with E-state index in [-0.39, 0.29) is 23.2 Å². The Hall–Kier alpha value is -4.19. The molecule has 0 fully saturated rings. The third kappa shape index (κ3) is 5.74. The van der Waals surface area contributed by atoms with Crippen molar-refractivity contribution < 1.29 is 23.2 Å². The minimum absolute atomic E-state index is 0.0632. The standard InChI is InChI=1S/C15H15F2N3O.C6H7N3O3/c1-21-12-4-2-3-11(8-12)20(19)9-15(18)13-6-5-10(16)7-14(13)17;1-4-2-8-3-5(9(10)11)7-6(8)12-4/h2-9H,18-19H2,1H3;3-4H,2H2,1H3/b15-9-;. The molecule has 0 bridgehead atoms. The molecule has 4 N–H and O–H groups in total. The van der Waals surface area contributed by atoms with E-state index in [1.807, 2.05) is 6.92 Å². The average Bonchev–Trinajstić information content (AvgIpc) is 3.32. The van der Waals surface area contributed by atoms with Crippen LogP contribution >= 0.6 is 0 Å². The second-order valence-corrected chi connectivity index (χ2v) is 7.04. The zero-order valence-corrected chi connectivity index (χ0v) is 17.8. The fraction of sp³-hybridized carbons (Fsp3) is 0.190. The molecule has 10 nitrogen and oxygen atoms in total. The fourth-order valence-corrected chi connectivity index (χ4v) is 2.98. The number of rotatable bonds is 5. The Morgan fingerprint density at radius 3 is 2.76 bits per heavy atom. The lowest BCUT2D eigenvalue weighted by Gasteiger charge is -2.16. The van der Waals surface area contributed by atoms with E-state index in [9.17, 15) is 18.9 Å². The van der Waals surface area contributed by atoms with E-state index in [0.717, 1.165) is 12.1 Å². The number of benzene rings is 2. The molecule has 174 valence electrons. The normalized spacial score (nSPS) is 14.6. The number of nitro groups is 1. The highest BCUT2D eigenvalue weighted by molar-refractivity contribution is 5.67. The summed E-state index contributed by atoms with van der Waals surface area (Å²) in [5.41, 5.74) is 6.57. The van der Waals surface area contributed by atoms with Crippen LogP contribution in [0.2, 0.25) is 0 Å². The fourth-order valence-electron chi connectivity index (χ4n) is 2.98. The molecule has 33 heavy (non-hydrogen) atoms. The summed E-state index contributed by atoms with van der Waals surface area (Å²) in [6, 6.07) is 10.5. The van der Waals surface area contributed by atoms with Crippen LogP contribution in [-0.4, -0.2) is 27.7 Å². The first-order valence-corrected chi connectivity index (χ1v) is 9.67. The minimum atomic E-state index is -0.747. The molecular weight excluding hydrogens is 438 g/mol. The van der Waals surface area contributed by atoms with Gasteiger partial charge in [-0.05, 0) is 36.1 Å². The maximum absolute atomic E-state index is 13.6. The van der Waals surface area contributed by atoms with E-state index in [2.05, 4.69) is 4.98 Å². The zero-order valence-electron chi connectivity index (χ0n) is 17.8. The Kier molecular flexibility index (Phi) is 7.08. The van der Waals surface area contributed by atoms with Gasteiger partial charge < -0.3 is 25.3 Å². The SMILES string of the molecule is CC1Cn2cc([N+](=O)[O-])nc2O1.COc1cccc(N(N)/C=C(\N)c2ccc(F)cc2F)c1. The van der Waals surface area contributed by atoms with Crippen molar-refractivity contribution in [2.24, 2.45) is 11.6 Å². The highest BCUT2D eigenvalue weighted by Crippen LogP contribution is 2.24. The van der Waals surface area contributed by atoms with E-state index in [4.69, 9.17) is 21.1 Å². The minimum Gasteiger partial charge on any atom is -0.497 e. The van der Waals surface area contributed by atoms with Gasteiger partial charge in [-0.1, -0.05) is 6.07 Å². The number of nitrogens with zero attached hydrogens (tertiary/aromatic N) is 4. The number of ether oxygens (including phenoxy) is 2. The van der Waals surface area contributed by atoms with Crippen LogP contribution in [0, 0.1) is 21.7 Å². The van der Waals surface area contributed by atoms with Crippen LogP contribution < -0.4 is 26.1 Å². The third-order valence-electron chi connectivity index (χ3n) is 4.55. The molecule has 1 atom stereocenters. The molecular formula is C21H22F2N6O4. The van der Waals surface area contributed by atoms with Crippen molar-refractivity contribution in [3.05, 3.63) is 82.2 Å². The predicted octanol–water partition coefficient (Wildman–Crippen LogP) is 3.18. The summed E-state index contributed by atoms with van der Waals surface area (Å²) in [4.78, 5) is 13.4. The van der Waals surface area contributed by atoms with Crippen molar-refractivity contribution in [3.8, 4) is 11.8 Å². The van der Waals surface area contributed by atoms with Crippen molar-refractivity contribution in [2.75, 3.05) is 12.1 Å². The Morgan fingerprint density at radius 1 is 1.36 bits per heavy atom. The van der Waals surface area contributed by atoms with Gasteiger partial charge in [-0.15, -0.1) is 0 Å². The lowest BCUT2D eigenvalue weighted by atomic mass is 10.1. The summed E-state index contributed by atoms with van der Waals surface area (Å²) in [6.45, 7) is 2.52. The van der Waals surface area contributed by atoms with Crippen molar-refractivity contribution >= 4 is 17.2 Å².